The van der Waals surface area contributed by atoms with Gasteiger partial charge in [-0.15, -0.1) is 0 Å². The largest absolute Gasteiger partial charge is 0.387 e. The highest BCUT2D eigenvalue weighted by Gasteiger charge is 2.62. The van der Waals surface area contributed by atoms with Crippen molar-refractivity contribution in [2.24, 2.45) is 0 Å². The van der Waals surface area contributed by atoms with Crippen molar-refractivity contribution in [3.8, 4) is 0 Å². The van der Waals surface area contributed by atoms with Gasteiger partial charge in [-0.25, -0.2) is 0 Å². The SMILES string of the molecule is O[C@@]12CCCC[C@@]1(O)CC1OC1C2. The predicted octanol–water partition coefficient (Wildman–Crippen LogP) is 0.584. The lowest BCUT2D eigenvalue weighted by Gasteiger charge is -2.48. The van der Waals surface area contributed by atoms with Crippen molar-refractivity contribution < 1.29 is 14.9 Å². The van der Waals surface area contributed by atoms with Gasteiger partial charge in [-0.1, -0.05) is 12.8 Å². The molecule has 0 radical (unpaired) electrons. The zero-order valence-electron chi connectivity index (χ0n) is 7.70. The normalized spacial score (nSPS) is 59.5. The van der Waals surface area contributed by atoms with E-state index >= 15 is 0 Å². The van der Waals surface area contributed by atoms with Crippen molar-refractivity contribution in [1.29, 1.82) is 0 Å². The van der Waals surface area contributed by atoms with Crippen molar-refractivity contribution >= 4 is 0 Å². The van der Waals surface area contributed by atoms with Crippen LogP contribution in [0.2, 0.25) is 0 Å². The summed E-state index contributed by atoms with van der Waals surface area (Å²) in [5.74, 6) is 0. The lowest BCUT2D eigenvalue weighted by molar-refractivity contribution is -0.189. The summed E-state index contributed by atoms with van der Waals surface area (Å²) in [6.45, 7) is 0. The molecule has 0 aromatic carbocycles. The Morgan fingerprint density at radius 3 is 1.85 bits per heavy atom. The number of rotatable bonds is 0. The molecule has 1 saturated heterocycles. The van der Waals surface area contributed by atoms with E-state index in [1.165, 1.54) is 0 Å². The standard InChI is InChI=1S/C10H16O3/c11-9-3-1-2-4-10(9,12)6-8-7(5-9)13-8/h7-8,11-12H,1-6H2/t7?,8?,9-,10-/m1/s1. The molecule has 2 unspecified atom stereocenters. The summed E-state index contributed by atoms with van der Waals surface area (Å²) in [6.07, 6.45) is 5.34. The first-order valence-electron chi connectivity index (χ1n) is 5.23. The summed E-state index contributed by atoms with van der Waals surface area (Å²) < 4.78 is 5.38. The average Bonchev–Trinajstić information content (AvgIpc) is 2.76. The Balaban J connectivity index is 1.91. The second-order valence-corrected chi connectivity index (χ2v) is 4.89. The van der Waals surface area contributed by atoms with Gasteiger partial charge in [-0.3, -0.25) is 0 Å². The minimum Gasteiger partial charge on any atom is -0.387 e. The molecule has 0 spiro atoms. The third-order valence-electron chi connectivity index (χ3n) is 4.06. The van der Waals surface area contributed by atoms with Crippen LogP contribution in [0.3, 0.4) is 0 Å². The molecule has 0 aromatic heterocycles. The molecular weight excluding hydrogens is 168 g/mol. The lowest BCUT2D eigenvalue weighted by Crippen LogP contribution is -2.59. The van der Waals surface area contributed by atoms with E-state index in [0.717, 1.165) is 25.7 Å². The summed E-state index contributed by atoms with van der Waals surface area (Å²) >= 11 is 0. The molecule has 13 heavy (non-hydrogen) atoms. The Hall–Kier alpha value is -0.120. The molecule has 2 N–H and O–H groups in total. The Kier molecular flexibility index (Phi) is 1.43. The Bertz CT molecular complexity index is 218. The van der Waals surface area contributed by atoms with Gasteiger partial charge in [0.2, 0.25) is 0 Å². The second-order valence-electron chi connectivity index (χ2n) is 4.89. The third kappa shape index (κ3) is 1.01. The van der Waals surface area contributed by atoms with E-state index in [0.29, 0.717) is 12.8 Å². The van der Waals surface area contributed by atoms with E-state index in [9.17, 15) is 10.2 Å². The first-order valence-corrected chi connectivity index (χ1v) is 5.23. The van der Waals surface area contributed by atoms with E-state index < -0.39 is 11.2 Å². The van der Waals surface area contributed by atoms with Gasteiger partial charge in [0.25, 0.3) is 0 Å². The predicted molar refractivity (Wildman–Crippen MR) is 46.3 cm³/mol. The van der Waals surface area contributed by atoms with Gasteiger partial charge in [0.05, 0.1) is 23.4 Å². The van der Waals surface area contributed by atoms with Crippen LogP contribution in [0.25, 0.3) is 0 Å². The smallest absolute Gasteiger partial charge is 0.0960 e. The van der Waals surface area contributed by atoms with Crippen molar-refractivity contribution in [1.82, 2.24) is 0 Å². The quantitative estimate of drug-likeness (QED) is 0.541. The zero-order valence-corrected chi connectivity index (χ0v) is 7.70. The Morgan fingerprint density at radius 2 is 1.38 bits per heavy atom. The van der Waals surface area contributed by atoms with E-state index in [1.54, 1.807) is 0 Å². The van der Waals surface area contributed by atoms with Gasteiger partial charge in [0.1, 0.15) is 0 Å². The molecular formula is C10H16O3. The molecule has 3 heteroatoms. The van der Waals surface area contributed by atoms with Crippen LogP contribution in [0.5, 0.6) is 0 Å². The molecule has 1 aliphatic heterocycles. The van der Waals surface area contributed by atoms with Gasteiger partial charge >= 0.3 is 0 Å². The molecule has 74 valence electrons. The molecule has 3 rings (SSSR count). The molecule has 1 heterocycles. The van der Waals surface area contributed by atoms with Crippen LogP contribution in [0, 0.1) is 0 Å². The fourth-order valence-electron chi connectivity index (χ4n) is 3.09. The fraction of sp³-hybridized carbons (Fsp3) is 1.00. The Labute approximate surface area is 77.7 Å². The van der Waals surface area contributed by atoms with Gasteiger partial charge < -0.3 is 14.9 Å². The first-order chi connectivity index (χ1) is 6.13. The number of fused-ring (bicyclic) bond motifs is 2. The number of hydrogen-bond donors (Lipinski definition) is 2. The maximum Gasteiger partial charge on any atom is 0.0960 e. The van der Waals surface area contributed by atoms with Crippen molar-refractivity contribution in [3.05, 3.63) is 0 Å². The van der Waals surface area contributed by atoms with E-state index in [4.69, 9.17) is 4.74 Å². The van der Waals surface area contributed by atoms with Gasteiger partial charge in [0.15, 0.2) is 0 Å². The van der Waals surface area contributed by atoms with E-state index in [-0.39, 0.29) is 12.2 Å². The Morgan fingerprint density at radius 1 is 0.923 bits per heavy atom. The van der Waals surface area contributed by atoms with Gasteiger partial charge in [-0.05, 0) is 12.8 Å². The summed E-state index contributed by atoms with van der Waals surface area (Å²) in [4.78, 5) is 0. The van der Waals surface area contributed by atoms with Crippen LogP contribution < -0.4 is 0 Å². The summed E-state index contributed by atoms with van der Waals surface area (Å²) in [5, 5.41) is 20.6. The monoisotopic (exact) mass is 184 g/mol. The molecule has 4 atom stereocenters. The van der Waals surface area contributed by atoms with Crippen molar-refractivity contribution in [2.75, 3.05) is 0 Å². The fourth-order valence-corrected chi connectivity index (χ4v) is 3.09. The number of epoxide rings is 1. The molecule has 2 aliphatic carbocycles. The lowest BCUT2D eigenvalue weighted by atomic mass is 9.64. The highest BCUT2D eigenvalue weighted by Crippen LogP contribution is 2.53. The van der Waals surface area contributed by atoms with Gasteiger partial charge in [0, 0.05) is 12.8 Å². The molecule has 0 amide bonds. The number of ether oxygens (including phenoxy) is 1. The van der Waals surface area contributed by atoms with Crippen LogP contribution in [0.4, 0.5) is 0 Å². The van der Waals surface area contributed by atoms with Crippen LogP contribution in [-0.4, -0.2) is 33.6 Å². The highest BCUT2D eigenvalue weighted by molar-refractivity contribution is 5.13. The molecule has 3 fully saturated rings. The molecule has 2 saturated carbocycles. The zero-order chi connectivity index (χ0) is 9.10. The van der Waals surface area contributed by atoms with Crippen LogP contribution in [0.1, 0.15) is 38.5 Å². The maximum atomic E-state index is 10.3. The molecule has 3 aliphatic rings. The minimum absolute atomic E-state index is 0.239. The summed E-state index contributed by atoms with van der Waals surface area (Å²) in [6, 6.07) is 0. The first kappa shape index (κ1) is 8.21. The molecule has 3 nitrogen and oxygen atoms in total. The summed E-state index contributed by atoms with van der Waals surface area (Å²) in [7, 11) is 0. The molecule has 0 aromatic rings. The van der Waals surface area contributed by atoms with Crippen LogP contribution in [0.15, 0.2) is 0 Å². The van der Waals surface area contributed by atoms with E-state index in [1.807, 2.05) is 0 Å². The van der Waals surface area contributed by atoms with Crippen LogP contribution >= 0.6 is 0 Å². The van der Waals surface area contributed by atoms with Crippen LogP contribution in [-0.2, 0) is 4.74 Å². The summed E-state index contributed by atoms with van der Waals surface area (Å²) in [5.41, 5.74) is -1.69. The second kappa shape index (κ2) is 2.27. The van der Waals surface area contributed by atoms with Crippen molar-refractivity contribution in [2.45, 2.75) is 61.9 Å². The topological polar surface area (TPSA) is 53.0 Å². The van der Waals surface area contributed by atoms with Crippen molar-refractivity contribution in [3.63, 3.8) is 0 Å². The highest BCUT2D eigenvalue weighted by atomic mass is 16.6. The third-order valence-corrected chi connectivity index (χ3v) is 4.06. The minimum atomic E-state index is -0.844. The van der Waals surface area contributed by atoms with Gasteiger partial charge in [-0.2, -0.15) is 0 Å². The van der Waals surface area contributed by atoms with E-state index in [2.05, 4.69) is 0 Å². The number of hydrogen-bond acceptors (Lipinski definition) is 3. The average molecular weight is 184 g/mol. The maximum absolute atomic E-state index is 10.3. The molecule has 0 bridgehead atoms. The number of aliphatic hydroxyl groups is 2.